The summed E-state index contributed by atoms with van der Waals surface area (Å²) >= 11 is 0. The monoisotopic (exact) mass is 183 g/mol. The van der Waals surface area contributed by atoms with E-state index in [4.69, 9.17) is 5.11 Å². The first-order chi connectivity index (χ1) is 6.20. The molecular weight excluding hydrogens is 166 g/mol. The molecule has 0 aliphatic heterocycles. The van der Waals surface area contributed by atoms with Gasteiger partial charge in [-0.2, -0.15) is 0 Å². The van der Waals surface area contributed by atoms with Crippen LogP contribution in [-0.4, -0.2) is 23.7 Å². The summed E-state index contributed by atoms with van der Waals surface area (Å²) in [6.45, 7) is 1.86. The molecule has 1 amide bonds. The summed E-state index contributed by atoms with van der Waals surface area (Å²) < 4.78 is 0. The van der Waals surface area contributed by atoms with Crippen molar-refractivity contribution in [3.63, 3.8) is 0 Å². The van der Waals surface area contributed by atoms with Crippen LogP contribution >= 0.6 is 0 Å². The van der Waals surface area contributed by atoms with E-state index in [1.54, 1.807) is 0 Å². The number of hydrogen-bond donors (Lipinski definition) is 2. The van der Waals surface area contributed by atoms with Gasteiger partial charge in [0, 0.05) is 12.0 Å². The number of rotatable bonds is 3. The number of carbonyl (C=O) groups is 1. The molecule has 3 atom stereocenters. The lowest BCUT2D eigenvalue weighted by Crippen LogP contribution is -2.38. The second-order valence-corrected chi connectivity index (χ2v) is 4.52. The van der Waals surface area contributed by atoms with E-state index < -0.39 is 0 Å². The van der Waals surface area contributed by atoms with Crippen LogP contribution in [0.5, 0.6) is 0 Å². The normalized spacial score (nSPS) is 38.2. The summed E-state index contributed by atoms with van der Waals surface area (Å²) in [6.07, 6.45) is 3.50. The van der Waals surface area contributed by atoms with Crippen molar-refractivity contribution in [3.05, 3.63) is 0 Å². The van der Waals surface area contributed by atoms with Gasteiger partial charge in [0.2, 0.25) is 5.91 Å². The molecule has 3 nitrogen and oxygen atoms in total. The van der Waals surface area contributed by atoms with E-state index in [0.29, 0.717) is 0 Å². The highest BCUT2D eigenvalue weighted by Gasteiger charge is 2.47. The Kier molecular flexibility index (Phi) is 2.28. The molecule has 2 fully saturated rings. The topological polar surface area (TPSA) is 49.3 Å². The highest BCUT2D eigenvalue weighted by Crippen LogP contribution is 2.54. The first-order valence-corrected chi connectivity index (χ1v) is 5.12. The third-order valence-electron chi connectivity index (χ3n) is 3.28. The first-order valence-electron chi connectivity index (χ1n) is 5.12. The summed E-state index contributed by atoms with van der Waals surface area (Å²) in [6, 6.07) is -0.0931. The Morgan fingerprint density at radius 2 is 2.08 bits per heavy atom. The fraction of sp³-hybridized carbons (Fsp3) is 0.900. The van der Waals surface area contributed by atoms with Gasteiger partial charge in [0.05, 0.1) is 6.61 Å². The van der Waals surface area contributed by atoms with Crippen LogP contribution in [0.3, 0.4) is 0 Å². The first kappa shape index (κ1) is 9.00. The average molecular weight is 183 g/mol. The van der Waals surface area contributed by atoms with Crippen LogP contribution < -0.4 is 5.32 Å². The molecule has 0 heterocycles. The number of carbonyl (C=O) groups excluding carboxylic acids is 1. The third kappa shape index (κ3) is 1.85. The largest absolute Gasteiger partial charge is 0.394 e. The van der Waals surface area contributed by atoms with Gasteiger partial charge >= 0.3 is 0 Å². The molecule has 0 saturated heterocycles. The van der Waals surface area contributed by atoms with E-state index in [9.17, 15) is 4.79 Å². The van der Waals surface area contributed by atoms with Crippen molar-refractivity contribution in [2.45, 2.75) is 32.2 Å². The van der Waals surface area contributed by atoms with Crippen molar-refractivity contribution in [3.8, 4) is 0 Å². The van der Waals surface area contributed by atoms with Gasteiger partial charge in [-0.1, -0.05) is 0 Å². The van der Waals surface area contributed by atoms with Crippen molar-refractivity contribution >= 4 is 5.91 Å². The van der Waals surface area contributed by atoms with Crippen LogP contribution in [0.25, 0.3) is 0 Å². The van der Waals surface area contributed by atoms with Crippen molar-refractivity contribution in [1.82, 2.24) is 5.32 Å². The average Bonchev–Trinajstić information content (AvgIpc) is 2.73. The van der Waals surface area contributed by atoms with E-state index in [1.807, 2.05) is 6.92 Å². The second-order valence-electron chi connectivity index (χ2n) is 4.52. The number of amides is 1. The van der Waals surface area contributed by atoms with Crippen LogP contribution in [0.15, 0.2) is 0 Å². The number of fused-ring (bicyclic) bond motifs is 1. The number of aliphatic hydroxyl groups excluding tert-OH is 1. The summed E-state index contributed by atoms with van der Waals surface area (Å²) in [4.78, 5) is 11.6. The molecule has 2 saturated carbocycles. The summed E-state index contributed by atoms with van der Waals surface area (Å²) in [7, 11) is 0. The highest BCUT2D eigenvalue weighted by molar-refractivity contribution is 5.79. The van der Waals surface area contributed by atoms with Crippen molar-refractivity contribution < 1.29 is 9.90 Å². The zero-order valence-electron chi connectivity index (χ0n) is 7.99. The van der Waals surface area contributed by atoms with Gasteiger partial charge in [-0.25, -0.2) is 0 Å². The summed E-state index contributed by atoms with van der Waals surface area (Å²) in [5, 5.41) is 11.6. The molecule has 0 bridgehead atoms. The molecule has 0 spiro atoms. The van der Waals surface area contributed by atoms with E-state index in [-0.39, 0.29) is 24.5 Å². The van der Waals surface area contributed by atoms with Crippen LogP contribution in [0.1, 0.15) is 26.2 Å². The van der Waals surface area contributed by atoms with Gasteiger partial charge in [-0.3, -0.25) is 4.79 Å². The SMILES string of the molecule is C[C@H](CO)NC(=O)C1CC2CC2C1. The molecule has 2 aliphatic carbocycles. The van der Waals surface area contributed by atoms with Crippen LogP contribution in [0.2, 0.25) is 0 Å². The van der Waals surface area contributed by atoms with Gasteiger partial charge in [0.1, 0.15) is 0 Å². The van der Waals surface area contributed by atoms with Gasteiger partial charge < -0.3 is 10.4 Å². The lowest BCUT2D eigenvalue weighted by molar-refractivity contribution is -0.126. The molecular formula is C10H17NO2. The lowest BCUT2D eigenvalue weighted by atomic mass is 10.0. The van der Waals surface area contributed by atoms with Crippen LogP contribution in [0, 0.1) is 17.8 Å². The summed E-state index contributed by atoms with van der Waals surface area (Å²) in [5.74, 6) is 2.08. The fourth-order valence-electron chi connectivity index (χ4n) is 2.34. The maximum atomic E-state index is 11.6. The zero-order valence-corrected chi connectivity index (χ0v) is 7.99. The lowest BCUT2D eigenvalue weighted by Gasteiger charge is -2.15. The molecule has 0 aromatic heterocycles. The van der Waals surface area contributed by atoms with Crippen LogP contribution in [-0.2, 0) is 4.79 Å². The molecule has 3 heteroatoms. The van der Waals surface area contributed by atoms with Crippen molar-refractivity contribution in [2.24, 2.45) is 17.8 Å². The molecule has 13 heavy (non-hydrogen) atoms. The van der Waals surface area contributed by atoms with E-state index >= 15 is 0 Å². The Bertz CT molecular complexity index is 207. The minimum atomic E-state index is -0.0931. The molecule has 2 rings (SSSR count). The molecule has 2 unspecified atom stereocenters. The van der Waals surface area contributed by atoms with Gasteiger partial charge in [0.25, 0.3) is 0 Å². The maximum Gasteiger partial charge on any atom is 0.223 e. The zero-order chi connectivity index (χ0) is 9.42. The number of nitrogens with one attached hydrogen (secondary N) is 1. The molecule has 2 N–H and O–H groups in total. The second kappa shape index (κ2) is 3.29. The van der Waals surface area contributed by atoms with Gasteiger partial charge in [-0.15, -0.1) is 0 Å². The minimum absolute atomic E-state index is 0.0331. The molecule has 0 radical (unpaired) electrons. The predicted octanol–water partition coefficient (Wildman–Crippen LogP) is 0.529. The maximum absolute atomic E-state index is 11.6. The Balaban J connectivity index is 1.77. The Morgan fingerprint density at radius 3 is 2.62 bits per heavy atom. The summed E-state index contributed by atoms with van der Waals surface area (Å²) in [5.41, 5.74) is 0. The molecule has 0 aromatic carbocycles. The Morgan fingerprint density at radius 1 is 1.46 bits per heavy atom. The van der Waals surface area contributed by atoms with Gasteiger partial charge in [0.15, 0.2) is 0 Å². The van der Waals surface area contributed by atoms with Gasteiger partial charge in [-0.05, 0) is 38.0 Å². The highest BCUT2D eigenvalue weighted by atomic mass is 16.3. The Hall–Kier alpha value is -0.570. The molecule has 74 valence electrons. The standard InChI is InChI=1S/C10H17NO2/c1-6(5-12)11-10(13)9-3-7-2-8(7)4-9/h6-9,12H,2-5H2,1H3,(H,11,13)/t6-,7?,8?,9?/m1/s1. The molecule has 2 aliphatic rings. The quantitative estimate of drug-likeness (QED) is 0.670. The number of aliphatic hydroxyl groups is 1. The van der Waals surface area contributed by atoms with Crippen LogP contribution in [0.4, 0.5) is 0 Å². The minimum Gasteiger partial charge on any atom is -0.394 e. The van der Waals surface area contributed by atoms with E-state index in [2.05, 4.69) is 5.32 Å². The smallest absolute Gasteiger partial charge is 0.223 e. The van der Waals surface area contributed by atoms with Crippen molar-refractivity contribution in [2.75, 3.05) is 6.61 Å². The Labute approximate surface area is 78.5 Å². The number of hydrogen-bond acceptors (Lipinski definition) is 2. The van der Waals surface area contributed by atoms with E-state index in [1.165, 1.54) is 6.42 Å². The predicted molar refractivity (Wildman–Crippen MR) is 49.0 cm³/mol. The molecule has 0 aromatic rings. The fourth-order valence-corrected chi connectivity index (χ4v) is 2.34. The van der Waals surface area contributed by atoms with Crippen molar-refractivity contribution in [1.29, 1.82) is 0 Å². The van der Waals surface area contributed by atoms with E-state index in [0.717, 1.165) is 24.7 Å². The third-order valence-corrected chi connectivity index (χ3v) is 3.28.